The molecule has 98 valence electrons. The van der Waals surface area contributed by atoms with Crippen LogP contribution in [0.4, 0.5) is 5.69 Å². The predicted molar refractivity (Wildman–Crippen MR) is 77.9 cm³/mol. The van der Waals surface area contributed by atoms with Gasteiger partial charge in [-0.3, -0.25) is 4.79 Å². The van der Waals surface area contributed by atoms with Gasteiger partial charge in [-0.1, -0.05) is 47.5 Å². The SMILES string of the molecule is Cc1cc(C)cc(C(Nc2ccccc2)C(N)=O)c1. The van der Waals surface area contributed by atoms with E-state index in [0.29, 0.717) is 0 Å². The molecular weight excluding hydrogens is 236 g/mol. The summed E-state index contributed by atoms with van der Waals surface area (Å²) >= 11 is 0. The van der Waals surface area contributed by atoms with Crippen LogP contribution < -0.4 is 11.1 Å². The van der Waals surface area contributed by atoms with Crippen molar-refractivity contribution in [1.29, 1.82) is 0 Å². The van der Waals surface area contributed by atoms with E-state index >= 15 is 0 Å². The number of primary amides is 1. The Hall–Kier alpha value is -2.29. The molecule has 2 aromatic carbocycles. The predicted octanol–water partition coefficient (Wildman–Crippen LogP) is 2.94. The number of nitrogens with two attached hydrogens (primary N) is 1. The first-order valence-corrected chi connectivity index (χ1v) is 6.25. The Labute approximate surface area is 113 Å². The summed E-state index contributed by atoms with van der Waals surface area (Å²) in [5, 5.41) is 3.17. The summed E-state index contributed by atoms with van der Waals surface area (Å²) in [6.07, 6.45) is 0. The lowest BCUT2D eigenvalue weighted by Crippen LogP contribution is -2.27. The van der Waals surface area contributed by atoms with Gasteiger partial charge in [0.1, 0.15) is 6.04 Å². The van der Waals surface area contributed by atoms with E-state index in [9.17, 15) is 4.79 Å². The van der Waals surface area contributed by atoms with Gasteiger partial charge in [0, 0.05) is 5.69 Å². The van der Waals surface area contributed by atoms with Crippen molar-refractivity contribution in [3.63, 3.8) is 0 Å². The van der Waals surface area contributed by atoms with Crippen LogP contribution in [0, 0.1) is 13.8 Å². The monoisotopic (exact) mass is 254 g/mol. The van der Waals surface area contributed by atoms with Crippen LogP contribution in [0.3, 0.4) is 0 Å². The number of hydrogen-bond donors (Lipinski definition) is 2. The number of hydrogen-bond acceptors (Lipinski definition) is 2. The van der Waals surface area contributed by atoms with Crippen LogP contribution in [-0.2, 0) is 4.79 Å². The van der Waals surface area contributed by atoms with Gasteiger partial charge in [-0.05, 0) is 31.5 Å². The second kappa shape index (κ2) is 5.57. The molecule has 0 aromatic heterocycles. The van der Waals surface area contributed by atoms with Gasteiger partial charge in [0.15, 0.2) is 0 Å². The molecule has 0 bridgehead atoms. The number of carbonyl (C=O) groups excluding carboxylic acids is 1. The lowest BCUT2D eigenvalue weighted by molar-refractivity contribution is -0.118. The first-order valence-electron chi connectivity index (χ1n) is 6.25. The number of carbonyl (C=O) groups is 1. The topological polar surface area (TPSA) is 55.1 Å². The summed E-state index contributed by atoms with van der Waals surface area (Å²) in [5.41, 5.74) is 9.54. The molecule has 0 saturated heterocycles. The molecule has 3 heteroatoms. The van der Waals surface area contributed by atoms with E-state index < -0.39 is 6.04 Å². The van der Waals surface area contributed by atoms with Crippen LogP contribution in [0.5, 0.6) is 0 Å². The molecule has 0 spiro atoms. The van der Waals surface area contributed by atoms with E-state index in [-0.39, 0.29) is 5.91 Å². The van der Waals surface area contributed by atoms with Gasteiger partial charge in [-0.2, -0.15) is 0 Å². The van der Waals surface area contributed by atoms with Gasteiger partial charge in [0.25, 0.3) is 0 Å². The van der Waals surface area contributed by atoms with Gasteiger partial charge in [-0.15, -0.1) is 0 Å². The van der Waals surface area contributed by atoms with Crippen molar-refractivity contribution >= 4 is 11.6 Å². The zero-order valence-electron chi connectivity index (χ0n) is 11.2. The Balaban J connectivity index is 2.32. The third kappa shape index (κ3) is 3.35. The molecule has 2 aromatic rings. The average molecular weight is 254 g/mol. The van der Waals surface area contributed by atoms with Crippen molar-refractivity contribution in [3.8, 4) is 0 Å². The Morgan fingerprint density at radius 3 is 2.16 bits per heavy atom. The van der Waals surface area contributed by atoms with Gasteiger partial charge in [0.05, 0.1) is 0 Å². The van der Waals surface area contributed by atoms with Crippen LogP contribution >= 0.6 is 0 Å². The van der Waals surface area contributed by atoms with E-state index in [4.69, 9.17) is 5.73 Å². The minimum atomic E-state index is -0.513. The second-order valence-electron chi connectivity index (χ2n) is 4.77. The highest BCUT2D eigenvalue weighted by atomic mass is 16.1. The third-order valence-corrected chi connectivity index (χ3v) is 2.95. The maximum Gasteiger partial charge on any atom is 0.244 e. The van der Waals surface area contributed by atoms with Crippen LogP contribution in [-0.4, -0.2) is 5.91 Å². The Bertz CT molecular complexity index is 558. The quantitative estimate of drug-likeness (QED) is 0.881. The summed E-state index contributed by atoms with van der Waals surface area (Å²) in [4.78, 5) is 11.7. The first-order chi connectivity index (χ1) is 9.06. The van der Waals surface area contributed by atoms with Crippen LogP contribution in [0.25, 0.3) is 0 Å². The zero-order valence-corrected chi connectivity index (χ0v) is 11.2. The largest absolute Gasteiger partial charge is 0.370 e. The van der Waals surface area contributed by atoms with Gasteiger partial charge >= 0.3 is 0 Å². The summed E-state index contributed by atoms with van der Waals surface area (Å²) in [6, 6.07) is 15.1. The van der Waals surface area contributed by atoms with Crippen molar-refractivity contribution in [2.24, 2.45) is 5.73 Å². The molecule has 1 atom stereocenters. The van der Waals surface area contributed by atoms with Gasteiger partial charge < -0.3 is 11.1 Å². The van der Waals surface area contributed by atoms with Crippen LogP contribution in [0.15, 0.2) is 48.5 Å². The van der Waals surface area contributed by atoms with Crippen molar-refractivity contribution in [2.45, 2.75) is 19.9 Å². The van der Waals surface area contributed by atoms with Crippen molar-refractivity contribution in [2.75, 3.05) is 5.32 Å². The smallest absolute Gasteiger partial charge is 0.244 e. The van der Waals surface area contributed by atoms with Crippen LogP contribution in [0.1, 0.15) is 22.7 Å². The molecule has 3 nitrogen and oxygen atoms in total. The fourth-order valence-electron chi connectivity index (χ4n) is 2.20. The van der Waals surface area contributed by atoms with Crippen molar-refractivity contribution in [3.05, 3.63) is 65.2 Å². The number of amides is 1. The highest BCUT2D eigenvalue weighted by molar-refractivity contribution is 5.84. The summed E-state index contributed by atoms with van der Waals surface area (Å²) in [5.74, 6) is -0.381. The third-order valence-electron chi connectivity index (χ3n) is 2.95. The number of nitrogens with one attached hydrogen (secondary N) is 1. The average Bonchev–Trinajstić information content (AvgIpc) is 2.35. The molecule has 0 aliphatic rings. The molecule has 0 aliphatic carbocycles. The minimum Gasteiger partial charge on any atom is -0.370 e. The normalized spacial score (nSPS) is 11.9. The van der Waals surface area contributed by atoms with Crippen molar-refractivity contribution in [1.82, 2.24) is 0 Å². The highest BCUT2D eigenvalue weighted by Gasteiger charge is 2.17. The van der Waals surface area contributed by atoms with E-state index in [0.717, 1.165) is 22.4 Å². The molecule has 0 saturated carbocycles. The van der Waals surface area contributed by atoms with Gasteiger partial charge in [-0.25, -0.2) is 0 Å². The fraction of sp³-hybridized carbons (Fsp3) is 0.188. The number of para-hydroxylation sites is 1. The zero-order chi connectivity index (χ0) is 13.8. The van der Waals surface area contributed by atoms with Gasteiger partial charge in [0.2, 0.25) is 5.91 Å². The van der Waals surface area contributed by atoms with E-state index in [1.807, 2.05) is 56.3 Å². The molecule has 0 heterocycles. The summed E-state index contributed by atoms with van der Waals surface area (Å²) in [7, 11) is 0. The lowest BCUT2D eigenvalue weighted by Gasteiger charge is -2.18. The van der Waals surface area contributed by atoms with E-state index in [1.165, 1.54) is 0 Å². The Morgan fingerprint density at radius 1 is 1.05 bits per heavy atom. The number of anilines is 1. The highest BCUT2D eigenvalue weighted by Crippen LogP contribution is 2.21. The van der Waals surface area contributed by atoms with E-state index in [1.54, 1.807) is 0 Å². The maximum atomic E-state index is 11.7. The molecular formula is C16H18N2O. The first kappa shape index (κ1) is 13.1. The lowest BCUT2D eigenvalue weighted by atomic mass is 10.0. The Kier molecular flexibility index (Phi) is 3.85. The molecule has 1 unspecified atom stereocenters. The molecule has 3 N–H and O–H groups in total. The van der Waals surface area contributed by atoms with Crippen LogP contribution in [0.2, 0.25) is 0 Å². The second-order valence-corrected chi connectivity index (χ2v) is 4.77. The summed E-state index contributed by atoms with van der Waals surface area (Å²) in [6.45, 7) is 4.02. The molecule has 19 heavy (non-hydrogen) atoms. The Morgan fingerprint density at radius 2 is 1.63 bits per heavy atom. The molecule has 2 rings (SSSR count). The molecule has 0 radical (unpaired) electrons. The van der Waals surface area contributed by atoms with Crippen molar-refractivity contribution < 1.29 is 4.79 Å². The molecule has 0 aliphatic heterocycles. The number of aryl methyl sites for hydroxylation is 2. The molecule has 0 fully saturated rings. The minimum absolute atomic E-state index is 0.381. The molecule has 1 amide bonds. The number of benzene rings is 2. The standard InChI is InChI=1S/C16H18N2O/c1-11-8-12(2)10-13(9-11)15(16(17)19)18-14-6-4-3-5-7-14/h3-10,15,18H,1-2H3,(H2,17,19). The number of rotatable bonds is 4. The van der Waals surface area contributed by atoms with E-state index in [2.05, 4.69) is 11.4 Å². The fourth-order valence-corrected chi connectivity index (χ4v) is 2.20. The maximum absolute atomic E-state index is 11.7. The summed E-state index contributed by atoms with van der Waals surface area (Å²) < 4.78 is 0.